The quantitative estimate of drug-likeness (QED) is 0.831. The maximum absolute atomic E-state index is 13.0. The predicted octanol–water partition coefficient (Wildman–Crippen LogP) is 1.77. The molecule has 0 amide bonds. The Morgan fingerprint density at radius 3 is 2.62 bits per heavy atom. The van der Waals surface area contributed by atoms with E-state index >= 15 is 0 Å². The van der Waals surface area contributed by atoms with E-state index in [-0.39, 0.29) is 5.82 Å². The first kappa shape index (κ1) is 11.3. The van der Waals surface area contributed by atoms with Crippen molar-refractivity contribution in [2.75, 3.05) is 18.0 Å². The second kappa shape index (κ2) is 4.37. The van der Waals surface area contributed by atoms with E-state index in [0.29, 0.717) is 18.4 Å². The zero-order valence-electron chi connectivity index (χ0n) is 9.78. The first-order chi connectivity index (χ1) is 7.61. The van der Waals surface area contributed by atoms with Crippen LogP contribution in [0, 0.1) is 17.7 Å². The number of nitrogens with two attached hydrogens (primary N) is 1. The van der Waals surface area contributed by atoms with E-state index in [9.17, 15) is 4.39 Å². The van der Waals surface area contributed by atoms with Crippen LogP contribution in [-0.2, 0) is 6.54 Å². The van der Waals surface area contributed by atoms with Crippen LogP contribution in [0.4, 0.5) is 10.2 Å². The smallest absolute Gasteiger partial charge is 0.141 e. The molecule has 0 radical (unpaired) electrons. The lowest BCUT2D eigenvalue weighted by atomic mass is 10.0. The van der Waals surface area contributed by atoms with Gasteiger partial charge in [0, 0.05) is 25.2 Å². The molecular weight excluding hydrogens is 205 g/mol. The van der Waals surface area contributed by atoms with Gasteiger partial charge in [0.25, 0.3) is 0 Å². The van der Waals surface area contributed by atoms with E-state index in [1.54, 1.807) is 0 Å². The molecule has 2 rings (SSSR count). The Morgan fingerprint density at radius 2 is 2.06 bits per heavy atom. The van der Waals surface area contributed by atoms with E-state index < -0.39 is 0 Å². The molecule has 16 heavy (non-hydrogen) atoms. The minimum Gasteiger partial charge on any atom is -0.356 e. The molecule has 4 heteroatoms. The van der Waals surface area contributed by atoms with Gasteiger partial charge in [-0.05, 0) is 17.9 Å². The molecule has 1 fully saturated rings. The molecule has 88 valence electrons. The summed E-state index contributed by atoms with van der Waals surface area (Å²) in [6, 6.07) is 1.48. The molecule has 0 aliphatic carbocycles. The zero-order valence-corrected chi connectivity index (χ0v) is 9.78. The van der Waals surface area contributed by atoms with Gasteiger partial charge in [0.05, 0.1) is 6.20 Å². The average Bonchev–Trinajstić information content (AvgIpc) is 2.59. The summed E-state index contributed by atoms with van der Waals surface area (Å²) in [6.07, 6.45) is 1.27. The minimum absolute atomic E-state index is 0.315. The van der Waals surface area contributed by atoms with Crippen LogP contribution >= 0.6 is 0 Å². The monoisotopic (exact) mass is 223 g/mol. The van der Waals surface area contributed by atoms with Crippen LogP contribution in [0.5, 0.6) is 0 Å². The molecule has 1 aromatic heterocycles. The third-order valence-electron chi connectivity index (χ3n) is 3.42. The van der Waals surface area contributed by atoms with Gasteiger partial charge >= 0.3 is 0 Å². The van der Waals surface area contributed by atoms with Gasteiger partial charge in [-0.15, -0.1) is 0 Å². The van der Waals surface area contributed by atoms with Crippen LogP contribution in [0.15, 0.2) is 12.3 Å². The van der Waals surface area contributed by atoms with Crippen molar-refractivity contribution in [1.82, 2.24) is 4.98 Å². The summed E-state index contributed by atoms with van der Waals surface area (Å²) in [6.45, 7) is 6.76. The largest absolute Gasteiger partial charge is 0.356 e. The van der Waals surface area contributed by atoms with Crippen molar-refractivity contribution in [3.05, 3.63) is 23.6 Å². The van der Waals surface area contributed by atoms with Gasteiger partial charge in [-0.3, -0.25) is 0 Å². The van der Waals surface area contributed by atoms with Crippen molar-refractivity contribution >= 4 is 5.82 Å². The Labute approximate surface area is 95.5 Å². The SMILES string of the molecule is CC1CN(c2ncc(F)cc2CN)CC1C. The maximum atomic E-state index is 13.0. The second-order valence-electron chi connectivity index (χ2n) is 4.70. The minimum atomic E-state index is -0.315. The molecule has 0 spiro atoms. The Hall–Kier alpha value is -1.16. The Morgan fingerprint density at radius 1 is 1.44 bits per heavy atom. The third kappa shape index (κ3) is 2.02. The number of halogens is 1. The summed E-state index contributed by atoms with van der Waals surface area (Å²) in [7, 11) is 0. The van der Waals surface area contributed by atoms with E-state index in [1.165, 1.54) is 12.3 Å². The number of hydrogen-bond donors (Lipinski definition) is 1. The maximum Gasteiger partial charge on any atom is 0.141 e. The summed E-state index contributed by atoms with van der Waals surface area (Å²) < 4.78 is 13.0. The topological polar surface area (TPSA) is 42.2 Å². The van der Waals surface area contributed by atoms with Crippen LogP contribution in [-0.4, -0.2) is 18.1 Å². The number of aromatic nitrogens is 1. The highest BCUT2D eigenvalue weighted by atomic mass is 19.1. The van der Waals surface area contributed by atoms with Gasteiger partial charge in [-0.25, -0.2) is 9.37 Å². The van der Waals surface area contributed by atoms with Crippen molar-refractivity contribution in [2.24, 2.45) is 17.6 Å². The fourth-order valence-corrected chi connectivity index (χ4v) is 2.21. The van der Waals surface area contributed by atoms with Crippen molar-refractivity contribution in [3.8, 4) is 0 Å². The number of pyridine rings is 1. The molecule has 2 unspecified atom stereocenters. The van der Waals surface area contributed by atoms with Gasteiger partial charge in [0.1, 0.15) is 11.6 Å². The van der Waals surface area contributed by atoms with Crippen molar-refractivity contribution < 1.29 is 4.39 Å². The highest BCUT2D eigenvalue weighted by Crippen LogP contribution is 2.28. The first-order valence-corrected chi connectivity index (χ1v) is 5.71. The number of nitrogens with zero attached hydrogens (tertiary/aromatic N) is 2. The van der Waals surface area contributed by atoms with Gasteiger partial charge in [-0.1, -0.05) is 13.8 Å². The van der Waals surface area contributed by atoms with Gasteiger partial charge < -0.3 is 10.6 Å². The first-order valence-electron chi connectivity index (χ1n) is 5.71. The molecule has 1 aliphatic rings. The number of rotatable bonds is 2. The van der Waals surface area contributed by atoms with Crippen LogP contribution in [0.3, 0.4) is 0 Å². The van der Waals surface area contributed by atoms with E-state index in [4.69, 9.17) is 5.73 Å². The number of hydrogen-bond acceptors (Lipinski definition) is 3. The molecule has 2 heterocycles. The molecule has 3 nitrogen and oxygen atoms in total. The molecule has 1 saturated heterocycles. The summed E-state index contributed by atoms with van der Waals surface area (Å²) in [5.74, 6) is 1.83. The third-order valence-corrected chi connectivity index (χ3v) is 3.42. The predicted molar refractivity (Wildman–Crippen MR) is 62.6 cm³/mol. The van der Waals surface area contributed by atoms with Gasteiger partial charge in [0.15, 0.2) is 0 Å². The fourth-order valence-electron chi connectivity index (χ4n) is 2.21. The molecule has 0 saturated carbocycles. The van der Waals surface area contributed by atoms with Crippen molar-refractivity contribution in [1.29, 1.82) is 0 Å². The molecule has 2 N–H and O–H groups in total. The van der Waals surface area contributed by atoms with E-state index in [1.807, 2.05) is 0 Å². The molecule has 1 aromatic rings. The van der Waals surface area contributed by atoms with E-state index in [0.717, 1.165) is 24.5 Å². The summed E-state index contributed by atoms with van der Waals surface area (Å²) in [4.78, 5) is 6.38. The van der Waals surface area contributed by atoms with Gasteiger partial charge in [-0.2, -0.15) is 0 Å². The second-order valence-corrected chi connectivity index (χ2v) is 4.70. The summed E-state index contributed by atoms with van der Waals surface area (Å²) in [5.41, 5.74) is 6.42. The summed E-state index contributed by atoms with van der Waals surface area (Å²) >= 11 is 0. The van der Waals surface area contributed by atoms with Crippen LogP contribution in [0.2, 0.25) is 0 Å². The highest BCUT2D eigenvalue weighted by Gasteiger charge is 2.28. The molecule has 1 aliphatic heterocycles. The lowest BCUT2D eigenvalue weighted by Gasteiger charge is -2.20. The lowest BCUT2D eigenvalue weighted by molar-refractivity contribution is 0.494. The average molecular weight is 223 g/mol. The Kier molecular flexibility index (Phi) is 3.10. The number of anilines is 1. The van der Waals surface area contributed by atoms with E-state index in [2.05, 4.69) is 23.7 Å². The van der Waals surface area contributed by atoms with Crippen molar-refractivity contribution in [3.63, 3.8) is 0 Å². The standard InChI is InChI=1S/C12H18FN3/c1-8-6-16(7-9(8)2)12-10(4-14)3-11(13)5-15-12/h3,5,8-9H,4,6-7,14H2,1-2H3. The fraction of sp³-hybridized carbons (Fsp3) is 0.583. The molecule has 0 bridgehead atoms. The highest BCUT2D eigenvalue weighted by molar-refractivity contribution is 5.48. The van der Waals surface area contributed by atoms with Crippen LogP contribution in [0.25, 0.3) is 0 Å². The Balaban J connectivity index is 2.27. The Bertz CT molecular complexity index is 371. The molecule has 2 atom stereocenters. The van der Waals surface area contributed by atoms with Crippen LogP contribution < -0.4 is 10.6 Å². The molecular formula is C12H18FN3. The molecule has 0 aromatic carbocycles. The zero-order chi connectivity index (χ0) is 11.7. The summed E-state index contributed by atoms with van der Waals surface area (Å²) in [5, 5.41) is 0. The lowest BCUT2D eigenvalue weighted by Crippen LogP contribution is -2.23. The normalized spacial score (nSPS) is 25.1. The van der Waals surface area contributed by atoms with Crippen molar-refractivity contribution in [2.45, 2.75) is 20.4 Å². The van der Waals surface area contributed by atoms with Crippen LogP contribution in [0.1, 0.15) is 19.4 Å². The van der Waals surface area contributed by atoms with Gasteiger partial charge in [0.2, 0.25) is 0 Å².